The van der Waals surface area contributed by atoms with Gasteiger partial charge < -0.3 is 9.84 Å². The quantitative estimate of drug-likeness (QED) is 0.578. The number of benzene rings is 1. The van der Waals surface area contributed by atoms with E-state index in [9.17, 15) is 18.0 Å². The highest BCUT2D eigenvalue weighted by atomic mass is 32.1. The van der Waals surface area contributed by atoms with E-state index in [0.29, 0.717) is 21.5 Å². The zero-order valence-corrected chi connectivity index (χ0v) is 16.8. The van der Waals surface area contributed by atoms with Crippen LogP contribution in [-0.2, 0) is 6.54 Å². The summed E-state index contributed by atoms with van der Waals surface area (Å²) in [6, 6.07) is 4.04. The number of carboxylic acids is 1. The number of rotatable bonds is 5. The number of halogens is 3. The summed E-state index contributed by atoms with van der Waals surface area (Å²) in [7, 11) is 0. The average Bonchev–Trinajstić information content (AvgIpc) is 3.25. The highest BCUT2D eigenvalue weighted by Crippen LogP contribution is 2.37. The van der Waals surface area contributed by atoms with E-state index in [4.69, 9.17) is 10.1 Å². The third-order valence-corrected chi connectivity index (χ3v) is 5.94. The Morgan fingerprint density at radius 2 is 2.10 bits per heavy atom. The molecular weight excluding hydrogens is 419 g/mol. The minimum absolute atomic E-state index is 0.0763. The maximum Gasteiger partial charge on any atom is 0.573 e. The summed E-state index contributed by atoms with van der Waals surface area (Å²) in [4.78, 5) is 15.9. The number of hydrogen-bond acceptors (Lipinski definition) is 5. The van der Waals surface area contributed by atoms with E-state index in [-0.39, 0.29) is 18.0 Å². The maximum absolute atomic E-state index is 12.8. The lowest BCUT2D eigenvalue weighted by Gasteiger charge is -2.11. The van der Waals surface area contributed by atoms with Gasteiger partial charge in [-0.2, -0.15) is 5.10 Å². The first-order chi connectivity index (χ1) is 14.2. The van der Waals surface area contributed by atoms with Gasteiger partial charge in [0.2, 0.25) is 0 Å². The summed E-state index contributed by atoms with van der Waals surface area (Å²) in [5.74, 6) is -1.50. The molecular formula is C20H18F3N3O3S. The topological polar surface area (TPSA) is 77.2 Å². The predicted octanol–water partition coefficient (Wildman–Crippen LogP) is 5.40. The summed E-state index contributed by atoms with van der Waals surface area (Å²) in [6.45, 7) is 1.76. The molecule has 3 aromatic rings. The Balaban J connectivity index is 1.79. The minimum Gasteiger partial charge on any atom is -0.476 e. The Hall–Kier alpha value is -2.88. The number of aromatic nitrogens is 3. The number of carboxylic acid groups (broad SMARTS) is 1. The van der Waals surface area contributed by atoms with Gasteiger partial charge in [-0.3, -0.25) is 4.68 Å². The van der Waals surface area contributed by atoms with Crippen molar-refractivity contribution in [1.29, 1.82) is 0 Å². The summed E-state index contributed by atoms with van der Waals surface area (Å²) in [6.07, 6.45) is 1.34. The highest BCUT2D eigenvalue weighted by Gasteiger charge is 2.31. The first-order valence-electron chi connectivity index (χ1n) is 9.36. The Bertz CT molecular complexity index is 1150. The molecule has 0 spiro atoms. The molecule has 0 saturated heterocycles. The smallest absolute Gasteiger partial charge is 0.476 e. The van der Waals surface area contributed by atoms with Crippen molar-refractivity contribution in [1.82, 2.24) is 14.8 Å². The Kier molecular flexibility index (Phi) is 5.27. The molecule has 6 nitrogen and oxygen atoms in total. The lowest BCUT2D eigenvalue weighted by molar-refractivity contribution is -0.274. The third kappa shape index (κ3) is 4.33. The van der Waals surface area contributed by atoms with Crippen LogP contribution in [0, 0.1) is 6.92 Å². The minimum atomic E-state index is -4.82. The Labute approximate surface area is 173 Å². The van der Waals surface area contributed by atoms with Crippen LogP contribution in [0.1, 0.15) is 52.4 Å². The van der Waals surface area contributed by atoms with Gasteiger partial charge in [-0.15, -0.1) is 24.5 Å². The lowest BCUT2D eigenvalue weighted by atomic mass is 10.0. The monoisotopic (exact) mass is 437 g/mol. The average molecular weight is 437 g/mol. The van der Waals surface area contributed by atoms with Crippen molar-refractivity contribution in [3.63, 3.8) is 0 Å². The van der Waals surface area contributed by atoms with Crippen LogP contribution < -0.4 is 4.74 Å². The van der Waals surface area contributed by atoms with Gasteiger partial charge in [0, 0.05) is 11.3 Å². The van der Waals surface area contributed by atoms with Crippen LogP contribution in [0.3, 0.4) is 0 Å². The van der Waals surface area contributed by atoms with Gasteiger partial charge in [0.1, 0.15) is 10.8 Å². The number of aromatic carboxylic acids is 1. The van der Waals surface area contributed by atoms with Crippen LogP contribution in [0.25, 0.3) is 15.8 Å². The number of ether oxygens (including phenoxy) is 1. The van der Waals surface area contributed by atoms with Crippen LogP contribution >= 0.6 is 11.3 Å². The fraction of sp³-hybridized carbons (Fsp3) is 0.350. The molecule has 1 aromatic carbocycles. The molecule has 1 N–H and O–H groups in total. The third-order valence-electron chi connectivity index (χ3n) is 4.87. The van der Waals surface area contributed by atoms with Crippen molar-refractivity contribution in [3.8, 4) is 5.75 Å². The van der Waals surface area contributed by atoms with E-state index in [0.717, 1.165) is 36.3 Å². The fourth-order valence-corrected chi connectivity index (χ4v) is 4.60. The second-order valence-corrected chi connectivity index (χ2v) is 8.14. The standard InChI is InChI=1S/C20H18F3N3O3S/c1-11-7-15(19(27)28)25-26(11)10-13-8-14(29-20(21,22)23)9-16-17(13)24-18(30-16)12-5-3-2-4-6-12/h5,7-9H,2-4,6,10H2,1H3,(H,27,28). The van der Waals surface area contributed by atoms with Crippen molar-refractivity contribution in [3.05, 3.63) is 46.2 Å². The first-order valence-corrected chi connectivity index (χ1v) is 10.2. The number of thiazole rings is 1. The van der Waals surface area contributed by atoms with Crippen LogP contribution in [-0.4, -0.2) is 32.2 Å². The number of hydrogen-bond donors (Lipinski definition) is 1. The van der Waals surface area contributed by atoms with Gasteiger partial charge in [0.25, 0.3) is 0 Å². The van der Waals surface area contributed by atoms with E-state index in [2.05, 4.69) is 15.9 Å². The van der Waals surface area contributed by atoms with E-state index >= 15 is 0 Å². The van der Waals surface area contributed by atoms with Gasteiger partial charge in [0.05, 0.1) is 16.8 Å². The molecule has 1 aliphatic rings. The second-order valence-electron chi connectivity index (χ2n) is 7.10. The molecule has 0 atom stereocenters. The predicted molar refractivity (Wildman–Crippen MR) is 106 cm³/mol. The molecule has 0 amide bonds. The summed E-state index contributed by atoms with van der Waals surface area (Å²) >= 11 is 1.33. The second kappa shape index (κ2) is 7.75. The normalized spacial score (nSPS) is 14.7. The number of carbonyl (C=O) groups is 1. The van der Waals surface area contributed by atoms with Gasteiger partial charge in [-0.05, 0) is 56.4 Å². The molecule has 0 aliphatic heterocycles. The SMILES string of the molecule is Cc1cc(C(=O)O)nn1Cc1cc(OC(F)(F)F)cc2sc(C3=CCCCC3)nc12. The maximum atomic E-state index is 12.8. The number of fused-ring (bicyclic) bond motifs is 1. The van der Waals surface area contributed by atoms with Crippen molar-refractivity contribution < 1.29 is 27.8 Å². The van der Waals surface area contributed by atoms with E-state index in [1.54, 1.807) is 6.92 Å². The van der Waals surface area contributed by atoms with E-state index < -0.39 is 12.3 Å². The summed E-state index contributed by atoms with van der Waals surface area (Å²) in [5, 5.41) is 14.0. The first kappa shape index (κ1) is 20.4. The molecule has 0 fully saturated rings. The molecule has 158 valence electrons. The zero-order chi connectivity index (χ0) is 21.5. The van der Waals surface area contributed by atoms with Gasteiger partial charge in [-0.25, -0.2) is 9.78 Å². The molecule has 0 radical (unpaired) electrons. The number of nitrogens with zero attached hydrogens (tertiary/aromatic N) is 3. The Morgan fingerprint density at radius 1 is 1.30 bits per heavy atom. The van der Waals surface area contributed by atoms with Gasteiger partial charge in [0.15, 0.2) is 5.69 Å². The number of aryl methyl sites for hydroxylation is 1. The lowest BCUT2D eigenvalue weighted by Crippen LogP contribution is -2.17. The van der Waals surface area contributed by atoms with Crippen LogP contribution in [0.4, 0.5) is 13.2 Å². The van der Waals surface area contributed by atoms with E-state index in [1.165, 1.54) is 34.2 Å². The molecule has 4 rings (SSSR count). The zero-order valence-electron chi connectivity index (χ0n) is 16.0. The van der Waals surface area contributed by atoms with Crippen molar-refractivity contribution in [2.75, 3.05) is 0 Å². The molecule has 2 heterocycles. The fourth-order valence-electron chi connectivity index (χ4n) is 3.49. The summed E-state index contributed by atoms with van der Waals surface area (Å²) in [5.41, 5.74) is 2.61. The molecule has 0 bridgehead atoms. The molecule has 0 unspecified atom stereocenters. The molecule has 30 heavy (non-hydrogen) atoms. The number of alkyl halides is 3. The number of allylic oxidation sites excluding steroid dienone is 2. The van der Waals surface area contributed by atoms with E-state index in [1.807, 2.05) is 0 Å². The van der Waals surface area contributed by atoms with Crippen LogP contribution in [0.5, 0.6) is 5.75 Å². The molecule has 2 aromatic heterocycles. The van der Waals surface area contributed by atoms with Gasteiger partial charge >= 0.3 is 12.3 Å². The molecule has 10 heteroatoms. The van der Waals surface area contributed by atoms with Gasteiger partial charge in [-0.1, -0.05) is 6.08 Å². The van der Waals surface area contributed by atoms with Crippen molar-refractivity contribution in [2.45, 2.75) is 45.5 Å². The van der Waals surface area contributed by atoms with Crippen molar-refractivity contribution in [2.24, 2.45) is 0 Å². The molecule has 0 saturated carbocycles. The van der Waals surface area contributed by atoms with Crippen molar-refractivity contribution >= 4 is 33.1 Å². The van der Waals surface area contributed by atoms with Crippen LogP contribution in [0.15, 0.2) is 24.3 Å². The largest absolute Gasteiger partial charge is 0.573 e. The molecule has 1 aliphatic carbocycles. The Morgan fingerprint density at radius 3 is 2.73 bits per heavy atom. The summed E-state index contributed by atoms with van der Waals surface area (Å²) < 4.78 is 44.7. The highest BCUT2D eigenvalue weighted by molar-refractivity contribution is 7.19. The van der Waals surface area contributed by atoms with Crippen LogP contribution in [0.2, 0.25) is 0 Å².